The van der Waals surface area contributed by atoms with E-state index >= 15 is 0 Å². The van der Waals surface area contributed by atoms with Crippen LogP contribution in [-0.2, 0) is 9.53 Å². The first-order chi connectivity index (χ1) is 8.22. The Kier molecular flexibility index (Phi) is 10.7. The Morgan fingerprint density at radius 3 is 2.29 bits per heavy atom. The highest BCUT2D eigenvalue weighted by Crippen LogP contribution is 2.06. The lowest BCUT2D eigenvalue weighted by Crippen LogP contribution is -2.17. The predicted molar refractivity (Wildman–Crippen MR) is 71.1 cm³/mol. The van der Waals surface area contributed by atoms with Gasteiger partial charge in [0, 0.05) is 6.54 Å². The maximum absolute atomic E-state index is 11.0. The van der Waals surface area contributed by atoms with Gasteiger partial charge in [-0.05, 0) is 13.3 Å². The van der Waals surface area contributed by atoms with E-state index in [4.69, 9.17) is 0 Å². The number of nitrogens with zero attached hydrogens (tertiary/aromatic N) is 1. The second-order valence-corrected chi connectivity index (χ2v) is 4.22. The van der Waals surface area contributed by atoms with Crippen molar-refractivity contribution in [2.24, 2.45) is 5.10 Å². The number of unbranched alkanes of at least 4 members (excludes halogenated alkanes) is 6. The highest BCUT2D eigenvalue weighted by Gasteiger charge is 2.03. The topological polar surface area (TPSA) is 50.7 Å². The largest absolute Gasteiger partial charge is 0.464 e. The second kappa shape index (κ2) is 11.4. The van der Waals surface area contributed by atoms with Crippen molar-refractivity contribution in [3.05, 3.63) is 0 Å². The maximum Gasteiger partial charge on any atom is 0.353 e. The third-order valence-corrected chi connectivity index (χ3v) is 2.62. The van der Waals surface area contributed by atoms with Gasteiger partial charge in [-0.1, -0.05) is 45.4 Å². The second-order valence-electron chi connectivity index (χ2n) is 4.22. The van der Waals surface area contributed by atoms with Crippen LogP contribution in [0.3, 0.4) is 0 Å². The smallest absolute Gasteiger partial charge is 0.353 e. The lowest BCUT2D eigenvalue weighted by atomic mass is 10.1. The monoisotopic (exact) mass is 242 g/mol. The van der Waals surface area contributed by atoms with Crippen molar-refractivity contribution in [3.63, 3.8) is 0 Å². The van der Waals surface area contributed by atoms with Crippen molar-refractivity contribution >= 4 is 11.7 Å². The van der Waals surface area contributed by atoms with Crippen LogP contribution >= 0.6 is 0 Å². The van der Waals surface area contributed by atoms with E-state index in [0.717, 1.165) is 13.0 Å². The fourth-order valence-electron chi connectivity index (χ4n) is 1.53. The van der Waals surface area contributed by atoms with Gasteiger partial charge in [-0.3, -0.25) is 0 Å². The molecule has 1 N–H and O–H groups in total. The van der Waals surface area contributed by atoms with Gasteiger partial charge in [0.1, 0.15) is 5.71 Å². The lowest BCUT2D eigenvalue weighted by Gasteiger charge is -2.02. The molecule has 17 heavy (non-hydrogen) atoms. The van der Waals surface area contributed by atoms with E-state index in [1.807, 2.05) is 0 Å². The minimum atomic E-state index is -0.378. The Balaban J connectivity index is 3.31. The van der Waals surface area contributed by atoms with Gasteiger partial charge in [0.15, 0.2) is 0 Å². The Bertz CT molecular complexity index is 227. The van der Waals surface area contributed by atoms with Gasteiger partial charge in [-0.25, -0.2) is 4.79 Å². The molecular weight excluding hydrogens is 216 g/mol. The predicted octanol–water partition coefficient (Wildman–Crippen LogP) is 2.88. The summed E-state index contributed by atoms with van der Waals surface area (Å²) in [6.45, 7) is 4.69. The Morgan fingerprint density at radius 1 is 1.12 bits per heavy atom. The number of ether oxygens (including phenoxy) is 1. The van der Waals surface area contributed by atoms with Crippen molar-refractivity contribution in [2.45, 2.75) is 58.8 Å². The van der Waals surface area contributed by atoms with E-state index in [1.54, 1.807) is 6.92 Å². The lowest BCUT2D eigenvalue weighted by molar-refractivity contribution is -0.132. The number of carbonyl (C=O) groups is 1. The molecule has 0 aliphatic rings. The van der Waals surface area contributed by atoms with Crippen molar-refractivity contribution in [1.82, 2.24) is 5.43 Å². The number of hydrazone groups is 1. The first kappa shape index (κ1) is 15.9. The van der Waals surface area contributed by atoms with E-state index in [9.17, 15) is 4.79 Å². The molecule has 0 aliphatic carbocycles. The number of esters is 1. The van der Waals surface area contributed by atoms with Gasteiger partial charge >= 0.3 is 5.97 Å². The molecule has 0 aromatic heterocycles. The van der Waals surface area contributed by atoms with E-state index < -0.39 is 0 Å². The van der Waals surface area contributed by atoms with E-state index in [2.05, 4.69) is 22.2 Å². The molecule has 0 bridgehead atoms. The van der Waals surface area contributed by atoms with Crippen LogP contribution in [0.2, 0.25) is 0 Å². The molecule has 4 nitrogen and oxygen atoms in total. The first-order valence-electron chi connectivity index (χ1n) is 6.57. The van der Waals surface area contributed by atoms with Crippen LogP contribution in [0.5, 0.6) is 0 Å². The molecule has 0 aromatic carbocycles. The number of rotatable bonds is 10. The molecular formula is C13H26N2O2. The zero-order valence-electron chi connectivity index (χ0n) is 11.4. The molecule has 0 saturated carbocycles. The summed E-state index contributed by atoms with van der Waals surface area (Å²) < 4.78 is 4.54. The summed E-state index contributed by atoms with van der Waals surface area (Å²) in [5, 5.41) is 3.93. The SMILES string of the molecule is CCCCCCCCCNN=C(C)C(=O)OC. The van der Waals surface area contributed by atoms with Gasteiger partial charge < -0.3 is 10.2 Å². The van der Waals surface area contributed by atoms with Crippen LogP contribution in [0.4, 0.5) is 0 Å². The Morgan fingerprint density at radius 2 is 1.71 bits per heavy atom. The summed E-state index contributed by atoms with van der Waals surface area (Å²) in [5.74, 6) is -0.378. The highest BCUT2D eigenvalue weighted by molar-refractivity contribution is 6.35. The van der Waals surface area contributed by atoms with E-state index in [0.29, 0.717) is 5.71 Å². The van der Waals surface area contributed by atoms with Crippen molar-refractivity contribution in [1.29, 1.82) is 0 Å². The van der Waals surface area contributed by atoms with Crippen LogP contribution < -0.4 is 5.43 Å². The molecule has 0 unspecified atom stereocenters. The van der Waals surface area contributed by atoms with Gasteiger partial charge in [-0.15, -0.1) is 0 Å². The van der Waals surface area contributed by atoms with Crippen LogP contribution in [0.25, 0.3) is 0 Å². The number of carbonyl (C=O) groups excluding carboxylic acids is 1. The molecule has 0 atom stereocenters. The molecule has 0 amide bonds. The van der Waals surface area contributed by atoms with Gasteiger partial charge in [0.25, 0.3) is 0 Å². The summed E-state index contributed by atoms with van der Waals surface area (Å²) in [5.41, 5.74) is 3.26. The van der Waals surface area contributed by atoms with Gasteiger partial charge in [-0.2, -0.15) is 5.10 Å². The van der Waals surface area contributed by atoms with Crippen LogP contribution in [-0.4, -0.2) is 25.3 Å². The molecule has 0 aliphatic heterocycles. The van der Waals surface area contributed by atoms with E-state index in [1.165, 1.54) is 45.6 Å². The number of methoxy groups -OCH3 is 1. The quantitative estimate of drug-likeness (QED) is 0.277. The molecule has 0 fully saturated rings. The molecule has 100 valence electrons. The fraction of sp³-hybridized carbons (Fsp3) is 0.846. The summed E-state index contributed by atoms with van der Waals surface area (Å²) in [6, 6.07) is 0. The first-order valence-corrected chi connectivity index (χ1v) is 6.57. The normalized spacial score (nSPS) is 11.4. The Labute approximate surface area is 105 Å². The van der Waals surface area contributed by atoms with Crippen molar-refractivity contribution in [3.8, 4) is 0 Å². The van der Waals surface area contributed by atoms with E-state index in [-0.39, 0.29) is 5.97 Å². The van der Waals surface area contributed by atoms with Crippen molar-refractivity contribution < 1.29 is 9.53 Å². The minimum absolute atomic E-state index is 0.371. The zero-order valence-corrected chi connectivity index (χ0v) is 11.4. The fourth-order valence-corrected chi connectivity index (χ4v) is 1.53. The highest BCUT2D eigenvalue weighted by atomic mass is 16.5. The molecule has 0 saturated heterocycles. The van der Waals surface area contributed by atoms with Crippen molar-refractivity contribution in [2.75, 3.05) is 13.7 Å². The van der Waals surface area contributed by atoms with Gasteiger partial charge in [0.2, 0.25) is 0 Å². The summed E-state index contributed by atoms with van der Waals surface area (Å²) in [6.07, 6.45) is 8.95. The molecule has 0 rings (SSSR count). The summed E-state index contributed by atoms with van der Waals surface area (Å²) in [7, 11) is 1.36. The number of nitrogens with one attached hydrogen (secondary N) is 1. The van der Waals surface area contributed by atoms with Crippen LogP contribution in [0, 0.1) is 0 Å². The molecule has 0 aromatic rings. The average Bonchev–Trinajstić information content (AvgIpc) is 2.35. The average molecular weight is 242 g/mol. The molecule has 4 heteroatoms. The minimum Gasteiger partial charge on any atom is -0.464 e. The van der Waals surface area contributed by atoms with Crippen LogP contribution in [0.1, 0.15) is 58.8 Å². The molecule has 0 radical (unpaired) electrons. The Hall–Kier alpha value is -1.06. The maximum atomic E-state index is 11.0. The summed E-state index contributed by atoms with van der Waals surface area (Å²) in [4.78, 5) is 11.0. The standard InChI is InChI=1S/C13H26N2O2/c1-4-5-6-7-8-9-10-11-14-15-12(2)13(16)17-3/h14H,4-11H2,1-3H3. The van der Waals surface area contributed by atoms with Gasteiger partial charge in [0.05, 0.1) is 7.11 Å². The third kappa shape index (κ3) is 9.85. The zero-order chi connectivity index (χ0) is 12.9. The summed E-state index contributed by atoms with van der Waals surface area (Å²) >= 11 is 0. The molecule has 0 spiro atoms. The molecule has 0 heterocycles. The number of hydrogen-bond acceptors (Lipinski definition) is 4. The van der Waals surface area contributed by atoms with Crippen LogP contribution in [0.15, 0.2) is 5.10 Å². The number of hydrogen-bond donors (Lipinski definition) is 1. The third-order valence-electron chi connectivity index (χ3n) is 2.62.